The van der Waals surface area contributed by atoms with E-state index < -0.39 is 0 Å². The maximum Gasteiger partial charge on any atom is 0.262 e. The maximum absolute atomic E-state index is 12.2. The second-order valence-electron chi connectivity index (χ2n) is 6.90. The number of amides is 1. The van der Waals surface area contributed by atoms with Crippen molar-refractivity contribution in [3.63, 3.8) is 0 Å². The number of benzene rings is 2. The van der Waals surface area contributed by atoms with Gasteiger partial charge in [-0.15, -0.1) is 0 Å². The maximum atomic E-state index is 12.2. The van der Waals surface area contributed by atoms with Crippen LogP contribution in [-0.2, 0) is 11.3 Å². The predicted octanol–water partition coefficient (Wildman–Crippen LogP) is 4.90. The van der Waals surface area contributed by atoms with Crippen molar-refractivity contribution in [1.82, 2.24) is 5.32 Å². The van der Waals surface area contributed by atoms with Gasteiger partial charge >= 0.3 is 0 Å². The monoisotopic (exact) mass is 446 g/mol. The van der Waals surface area contributed by atoms with Crippen molar-refractivity contribution in [2.45, 2.75) is 45.2 Å². The Bertz CT molecular complexity index is 777. The molecule has 0 aliphatic heterocycles. The SMILES string of the molecule is CCOc1cc(CNC2CCCC2)cc(Br)c1OCC(=O)Nc1ccccc1. The van der Waals surface area contributed by atoms with Crippen molar-refractivity contribution in [1.29, 1.82) is 0 Å². The molecule has 0 unspecified atom stereocenters. The fourth-order valence-electron chi connectivity index (χ4n) is 3.37. The molecule has 6 heteroatoms. The molecule has 1 saturated carbocycles. The first-order chi connectivity index (χ1) is 13.7. The highest BCUT2D eigenvalue weighted by Crippen LogP contribution is 2.37. The van der Waals surface area contributed by atoms with Gasteiger partial charge in [0.15, 0.2) is 18.1 Å². The summed E-state index contributed by atoms with van der Waals surface area (Å²) in [6.07, 6.45) is 5.11. The average molecular weight is 447 g/mol. The van der Waals surface area contributed by atoms with Crippen molar-refractivity contribution >= 4 is 27.5 Å². The average Bonchev–Trinajstić information content (AvgIpc) is 3.20. The van der Waals surface area contributed by atoms with E-state index in [1.165, 1.54) is 25.7 Å². The zero-order valence-corrected chi connectivity index (χ0v) is 17.8. The molecule has 0 spiro atoms. The molecule has 0 bridgehead atoms. The summed E-state index contributed by atoms with van der Waals surface area (Å²) in [6.45, 7) is 3.16. The Morgan fingerprint density at radius 1 is 1.14 bits per heavy atom. The summed E-state index contributed by atoms with van der Waals surface area (Å²) >= 11 is 3.57. The highest BCUT2D eigenvalue weighted by atomic mass is 79.9. The number of ether oxygens (including phenoxy) is 2. The van der Waals surface area contributed by atoms with Crippen LogP contribution in [0.4, 0.5) is 5.69 Å². The molecule has 2 aromatic carbocycles. The minimum atomic E-state index is -0.215. The second kappa shape index (κ2) is 10.5. The molecule has 5 nitrogen and oxygen atoms in total. The highest BCUT2D eigenvalue weighted by molar-refractivity contribution is 9.10. The number of carbonyl (C=O) groups is 1. The summed E-state index contributed by atoms with van der Waals surface area (Å²) in [4.78, 5) is 12.2. The van der Waals surface area contributed by atoms with Crippen LogP contribution in [0.15, 0.2) is 46.9 Å². The lowest BCUT2D eigenvalue weighted by molar-refractivity contribution is -0.118. The molecule has 3 rings (SSSR count). The first-order valence-corrected chi connectivity index (χ1v) is 10.6. The van der Waals surface area contributed by atoms with Gasteiger partial charge in [0.25, 0.3) is 5.91 Å². The van der Waals surface area contributed by atoms with Gasteiger partial charge < -0.3 is 20.1 Å². The molecule has 2 N–H and O–H groups in total. The van der Waals surface area contributed by atoms with E-state index in [-0.39, 0.29) is 12.5 Å². The van der Waals surface area contributed by atoms with Crippen LogP contribution in [0.5, 0.6) is 11.5 Å². The number of halogens is 1. The number of anilines is 1. The van der Waals surface area contributed by atoms with Crippen LogP contribution in [0.1, 0.15) is 38.2 Å². The molecule has 1 fully saturated rings. The Morgan fingerprint density at radius 3 is 2.61 bits per heavy atom. The molecular formula is C22H27BrN2O3. The lowest BCUT2D eigenvalue weighted by Crippen LogP contribution is -2.25. The van der Waals surface area contributed by atoms with Crippen LogP contribution in [0.25, 0.3) is 0 Å². The van der Waals surface area contributed by atoms with Gasteiger partial charge in [-0.3, -0.25) is 4.79 Å². The van der Waals surface area contributed by atoms with E-state index in [1.807, 2.05) is 49.4 Å². The number of hydrogen-bond acceptors (Lipinski definition) is 4. The molecule has 1 amide bonds. The van der Waals surface area contributed by atoms with E-state index in [1.54, 1.807) is 0 Å². The molecule has 150 valence electrons. The lowest BCUT2D eigenvalue weighted by Gasteiger charge is -2.17. The molecule has 2 aromatic rings. The number of hydrogen-bond donors (Lipinski definition) is 2. The number of nitrogens with one attached hydrogen (secondary N) is 2. The Kier molecular flexibility index (Phi) is 7.74. The quantitative estimate of drug-likeness (QED) is 0.574. The van der Waals surface area contributed by atoms with Crippen molar-refractivity contribution < 1.29 is 14.3 Å². The molecule has 0 heterocycles. The predicted molar refractivity (Wildman–Crippen MR) is 115 cm³/mol. The van der Waals surface area contributed by atoms with Gasteiger partial charge in [-0.25, -0.2) is 0 Å². The van der Waals surface area contributed by atoms with E-state index >= 15 is 0 Å². The van der Waals surface area contributed by atoms with Crippen molar-refractivity contribution in [2.24, 2.45) is 0 Å². The standard InChI is InChI=1S/C22H27BrN2O3/c1-2-27-20-13-16(14-24-17-8-6-7-9-17)12-19(23)22(20)28-15-21(26)25-18-10-4-3-5-11-18/h3-5,10-13,17,24H,2,6-9,14-15H2,1H3,(H,25,26). The first-order valence-electron chi connectivity index (χ1n) is 9.82. The smallest absolute Gasteiger partial charge is 0.262 e. The first kappa shape index (κ1) is 20.7. The summed E-state index contributed by atoms with van der Waals surface area (Å²) in [7, 11) is 0. The van der Waals surface area contributed by atoms with Crippen LogP contribution in [-0.4, -0.2) is 25.2 Å². The van der Waals surface area contributed by atoms with E-state index in [2.05, 4.69) is 26.6 Å². The van der Waals surface area contributed by atoms with Crippen LogP contribution >= 0.6 is 15.9 Å². The van der Waals surface area contributed by atoms with Crippen molar-refractivity contribution in [2.75, 3.05) is 18.5 Å². The molecule has 0 atom stereocenters. The molecule has 0 radical (unpaired) electrons. The molecular weight excluding hydrogens is 420 g/mol. The second-order valence-corrected chi connectivity index (χ2v) is 7.76. The largest absolute Gasteiger partial charge is 0.490 e. The fourth-order valence-corrected chi connectivity index (χ4v) is 3.98. The molecule has 0 aromatic heterocycles. The van der Waals surface area contributed by atoms with E-state index in [4.69, 9.17) is 9.47 Å². The molecule has 1 aliphatic carbocycles. The zero-order valence-electron chi connectivity index (χ0n) is 16.2. The highest BCUT2D eigenvalue weighted by Gasteiger charge is 2.17. The summed E-state index contributed by atoms with van der Waals surface area (Å²) in [5.41, 5.74) is 1.87. The number of carbonyl (C=O) groups excluding carboxylic acids is 1. The van der Waals surface area contributed by atoms with Gasteiger partial charge in [0.1, 0.15) is 0 Å². The van der Waals surface area contributed by atoms with Crippen LogP contribution in [0.3, 0.4) is 0 Å². The molecule has 28 heavy (non-hydrogen) atoms. The van der Waals surface area contributed by atoms with Crippen LogP contribution in [0, 0.1) is 0 Å². The van der Waals surface area contributed by atoms with E-state index in [0.717, 1.165) is 22.3 Å². The third-order valence-electron chi connectivity index (χ3n) is 4.72. The molecule has 1 aliphatic rings. The van der Waals surface area contributed by atoms with Crippen LogP contribution < -0.4 is 20.1 Å². The number of para-hydroxylation sites is 1. The Labute approximate surface area is 174 Å². The lowest BCUT2D eigenvalue weighted by atomic mass is 10.1. The van der Waals surface area contributed by atoms with Gasteiger partial charge in [-0.2, -0.15) is 0 Å². The topological polar surface area (TPSA) is 59.6 Å². The van der Waals surface area contributed by atoms with Gasteiger partial charge in [-0.05, 0) is 65.5 Å². The van der Waals surface area contributed by atoms with Crippen molar-refractivity contribution in [3.05, 3.63) is 52.5 Å². The van der Waals surface area contributed by atoms with Gasteiger partial charge in [0, 0.05) is 18.3 Å². The fraction of sp³-hybridized carbons (Fsp3) is 0.409. The minimum absolute atomic E-state index is 0.0900. The summed E-state index contributed by atoms with van der Waals surface area (Å²) in [5.74, 6) is 0.981. The number of rotatable bonds is 9. The third-order valence-corrected chi connectivity index (χ3v) is 5.31. The molecule has 0 saturated heterocycles. The zero-order chi connectivity index (χ0) is 19.8. The van der Waals surface area contributed by atoms with Gasteiger partial charge in [0.2, 0.25) is 0 Å². The Morgan fingerprint density at radius 2 is 1.89 bits per heavy atom. The minimum Gasteiger partial charge on any atom is -0.490 e. The van der Waals surface area contributed by atoms with E-state index in [9.17, 15) is 4.79 Å². The third kappa shape index (κ3) is 5.97. The van der Waals surface area contributed by atoms with Crippen molar-refractivity contribution in [3.8, 4) is 11.5 Å². The van der Waals surface area contributed by atoms with Gasteiger partial charge in [-0.1, -0.05) is 31.0 Å². The Balaban J connectivity index is 1.62. The summed E-state index contributed by atoms with van der Waals surface area (Å²) in [5, 5.41) is 6.43. The normalized spacial score (nSPS) is 14.1. The summed E-state index contributed by atoms with van der Waals surface area (Å²) in [6, 6.07) is 13.9. The van der Waals surface area contributed by atoms with Crippen LogP contribution in [0.2, 0.25) is 0 Å². The van der Waals surface area contributed by atoms with E-state index in [0.29, 0.717) is 24.1 Å². The summed E-state index contributed by atoms with van der Waals surface area (Å²) < 4.78 is 12.3. The van der Waals surface area contributed by atoms with Gasteiger partial charge in [0.05, 0.1) is 11.1 Å². The Hall–Kier alpha value is -2.05.